The van der Waals surface area contributed by atoms with Gasteiger partial charge in [-0.05, 0) is 12.5 Å². The molecule has 0 heterocycles. The summed E-state index contributed by atoms with van der Waals surface area (Å²) < 4.78 is 10.7. The van der Waals surface area contributed by atoms with Gasteiger partial charge in [0.2, 0.25) is 0 Å². The SMILES string of the molecule is CCCCCCCOc1c(OC)cc(Cl)cc1C(=O)O. The van der Waals surface area contributed by atoms with Gasteiger partial charge >= 0.3 is 5.97 Å². The van der Waals surface area contributed by atoms with Gasteiger partial charge < -0.3 is 14.6 Å². The Bertz CT molecular complexity index is 446. The molecule has 112 valence electrons. The third-order valence-corrected chi connectivity index (χ3v) is 3.18. The van der Waals surface area contributed by atoms with E-state index >= 15 is 0 Å². The minimum absolute atomic E-state index is 0.0305. The predicted octanol–water partition coefficient (Wildman–Crippen LogP) is 4.40. The molecule has 0 saturated heterocycles. The molecular weight excluding hydrogens is 280 g/mol. The largest absolute Gasteiger partial charge is 0.493 e. The summed E-state index contributed by atoms with van der Waals surface area (Å²) in [6, 6.07) is 2.93. The van der Waals surface area contributed by atoms with Gasteiger partial charge in [-0.3, -0.25) is 0 Å². The highest BCUT2D eigenvalue weighted by Crippen LogP contribution is 2.34. The average Bonchev–Trinajstić information content (AvgIpc) is 2.42. The number of carboxylic acid groups (broad SMARTS) is 1. The number of rotatable bonds is 9. The molecule has 0 spiro atoms. The number of unbranched alkanes of at least 4 members (excludes halogenated alkanes) is 4. The van der Waals surface area contributed by atoms with E-state index in [1.807, 2.05) is 0 Å². The van der Waals surface area contributed by atoms with E-state index in [2.05, 4.69) is 6.92 Å². The normalized spacial score (nSPS) is 10.3. The first-order valence-corrected chi connectivity index (χ1v) is 7.21. The molecule has 1 aromatic carbocycles. The lowest BCUT2D eigenvalue weighted by Crippen LogP contribution is -2.06. The smallest absolute Gasteiger partial charge is 0.339 e. The molecule has 0 aliphatic carbocycles. The predicted molar refractivity (Wildman–Crippen MR) is 79.2 cm³/mol. The molecule has 0 aromatic heterocycles. The number of carbonyl (C=O) groups is 1. The number of carboxylic acids is 1. The Kier molecular flexibility index (Phi) is 7.23. The van der Waals surface area contributed by atoms with Gasteiger partial charge in [0.15, 0.2) is 11.5 Å². The Labute approximate surface area is 124 Å². The second-order valence-corrected chi connectivity index (χ2v) is 4.99. The standard InChI is InChI=1S/C15H21ClO4/c1-3-4-5-6-7-8-20-14-12(15(17)18)9-11(16)10-13(14)19-2/h9-10H,3-8H2,1-2H3,(H,17,18). The summed E-state index contributed by atoms with van der Waals surface area (Å²) in [5.74, 6) is -0.477. The second kappa shape index (κ2) is 8.69. The zero-order valence-electron chi connectivity index (χ0n) is 11.9. The molecule has 1 N–H and O–H groups in total. The number of methoxy groups -OCH3 is 1. The van der Waals surface area contributed by atoms with Gasteiger partial charge in [-0.15, -0.1) is 0 Å². The summed E-state index contributed by atoms with van der Waals surface area (Å²) in [4.78, 5) is 11.2. The minimum atomic E-state index is -1.08. The van der Waals surface area contributed by atoms with Crippen molar-refractivity contribution in [2.24, 2.45) is 0 Å². The molecule has 20 heavy (non-hydrogen) atoms. The lowest BCUT2D eigenvalue weighted by atomic mass is 10.1. The van der Waals surface area contributed by atoms with E-state index < -0.39 is 5.97 Å². The fourth-order valence-corrected chi connectivity index (χ4v) is 2.12. The van der Waals surface area contributed by atoms with E-state index in [1.165, 1.54) is 32.4 Å². The van der Waals surface area contributed by atoms with Crippen LogP contribution in [-0.4, -0.2) is 24.8 Å². The van der Waals surface area contributed by atoms with Crippen molar-refractivity contribution in [1.29, 1.82) is 0 Å². The Hall–Kier alpha value is -1.42. The monoisotopic (exact) mass is 300 g/mol. The summed E-state index contributed by atoms with van der Waals surface area (Å²) in [7, 11) is 1.46. The average molecular weight is 301 g/mol. The summed E-state index contributed by atoms with van der Waals surface area (Å²) >= 11 is 5.86. The summed E-state index contributed by atoms with van der Waals surface area (Å²) in [5.41, 5.74) is 0.0305. The van der Waals surface area contributed by atoms with Crippen molar-refractivity contribution < 1.29 is 19.4 Å². The minimum Gasteiger partial charge on any atom is -0.493 e. The van der Waals surface area contributed by atoms with Crippen LogP contribution in [0.25, 0.3) is 0 Å². The highest BCUT2D eigenvalue weighted by Gasteiger charge is 2.18. The quantitative estimate of drug-likeness (QED) is 0.687. The van der Waals surface area contributed by atoms with Crippen LogP contribution >= 0.6 is 11.6 Å². The molecule has 0 unspecified atom stereocenters. The Morgan fingerprint density at radius 3 is 2.55 bits per heavy atom. The molecule has 0 bridgehead atoms. The molecule has 5 heteroatoms. The number of ether oxygens (including phenoxy) is 2. The highest BCUT2D eigenvalue weighted by atomic mass is 35.5. The number of aromatic carboxylic acids is 1. The van der Waals surface area contributed by atoms with E-state index in [4.69, 9.17) is 21.1 Å². The van der Waals surface area contributed by atoms with Crippen LogP contribution in [0.1, 0.15) is 49.4 Å². The van der Waals surface area contributed by atoms with Gasteiger partial charge in [0.25, 0.3) is 0 Å². The molecule has 0 atom stereocenters. The van der Waals surface area contributed by atoms with Crippen LogP contribution < -0.4 is 9.47 Å². The van der Waals surface area contributed by atoms with Crippen LogP contribution in [0.15, 0.2) is 12.1 Å². The maximum Gasteiger partial charge on any atom is 0.339 e. The van der Waals surface area contributed by atoms with E-state index in [1.54, 1.807) is 6.07 Å². The molecule has 0 fully saturated rings. The van der Waals surface area contributed by atoms with E-state index in [9.17, 15) is 9.90 Å². The Morgan fingerprint density at radius 2 is 1.95 bits per heavy atom. The maximum absolute atomic E-state index is 11.2. The van der Waals surface area contributed by atoms with Crippen molar-refractivity contribution in [3.05, 3.63) is 22.7 Å². The summed E-state index contributed by atoms with van der Waals surface area (Å²) in [6.07, 6.45) is 5.54. The zero-order chi connectivity index (χ0) is 15.0. The molecule has 4 nitrogen and oxygen atoms in total. The molecular formula is C15H21ClO4. The third-order valence-electron chi connectivity index (χ3n) is 2.96. The number of halogens is 1. The van der Waals surface area contributed by atoms with Crippen LogP contribution in [0.4, 0.5) is 0 Å². The summed E-state index contributed by atoms with van der Waals surface area (Å²) in [6.45, 7) is 2.64. The van der Waals surface area contributed by atoms with E-state index in [0.29, 0.717) is 17.4 Å². The van der Waals surface area contributed by atoms with Crippen molar-refractivity contribution in [1.82, 2.24) is 0 Å². The summed E-state index contributed by atoms with van der Waals surface area (Å²) in [5, 5.41) is 9.50. The van der Waals surface area contributed by atoms with E-state index in [0.717, 1.165) is 12.8 Å². The maximum atomic E-state index is 11.2. The third kappa shape index (κ3) is 4.93. The molecule has 0 saturated carbocycles. The van der Waals surface area contributed by atoms with Crippen LogP contribution in [0.3, 0.4) is 0 Å². The zero-order valence-corrected chi connectivity index (χ0v) is 12.7. The fraction of sp³-hybridized carbons (Fsp3) is 0.533. The number of hydrogen-bond acceptors (Lipinski definition) is 3. The molecule has 0 aliphatic heterocycles. The molecule has 1 rings (SSSR count). The highest BCUT2D eigenvalue weighted by molar-refractivity contribution is 6.31. The second-order valence-electron chi connectivity index (χ2n) is 4.55. The van der Waals surface area contributed by atoms with E-state index in [-0.39, 0.29) is 11.3 Å². The fourth-order valence-electron chi connectivity index (χ4n) is 1.91. The van der Waals surface area contributed by atoms with Gasteiger partial charge in [-0.2, -0.15) is 0 Å². The number of hydrogen-bond donors (Lipinski definition) is 1. The van der Waals surface area contributed by atoms with Gasteiger partial charge in [-0.1, -0.05) is 44.2 Å². The lowest BCUT2D eigenvalue weighted by molar-refractivity contribution is 0.0691. The van der Waals surface area contributed by atoms with Gasteiger partial charge in [-0.25, -0.2) is 4.79 Å². The lowest BCUT2D eigenvalue weighted by Gasteiger charge is -2.13. The van der Waals surface area contributed by atoms with Crippen LogP contribution in [-0.2, 0) is 0 Å². The first-order valence-electron chi connectivity index (χ1n) is 6.83. The first kappa shape index (κ1) is 16.6. The topological polar surface area (TPSA) is 55.8 Å². The van der Waals surface area contributed by atoms with Gasteiger partial charge in [0.1, 0.15) is 5.56 Å². The molecule has 0 radical (unpaired) electrons. The van der Waals surface area contributed by atoms with Crippen molar-refractivity contribution in [2.45, 2.75) is 39.0 Å². The van der Waals surface area contributed by atoms with Crippen molar-refractivity contribution in [2.75, 3.05) is 13.7 Å². The van der Waals surface area contributed by atoms with Crippen LogP contribution in [0.5, 0.6) is 11.5 Å². The van der Waals surface area contributed by atoms with Gasteiger partial charge in [0.05, 0.1) is 13.7 Å². The van der Waals surface area contributed by atoms with Crippen molar-refractivity contribution in [3.8, 4) is 11.5 Å². The molecule has 0 amide bonds. The van der Waals surface area contributed by atoms with Crippen LogP contribution in [0.2, 0.25) is 5.02 Å². The molecule has 1 aromatic rings. The van der Waals surface area contributed by atoms with Gasteiger partial charge in [0, 0.05) is 11.1 Å². The van der Waals surface area contributed by atoms with Crippen LogP contribution in [0, 0.1) is 0 Å². The Morgan fingerprint density at radius 1 is 1.25 bits per heavy atom. The van der Waals surface area contributed by atoms with Crippen molar-refractivity contribution >= 4 is 17.6 Å². The number of benzene rings is 1. The molecule has 0 aliphatic rings. The van der Waals surface area contributed by atoms with Crippen molar-refractivity contribution in [3.63, 3.8) is 0 Å². The first-order chi connectivity index (χ1) is 9.60. The Balaban J connectivity index is 2.69.